The van der Waals surface area contributed by atoms with Crippen molar-refractivity contribution in [2.75, 3.05) is 18.5 Å². The van der Waals surface area contributed by atoms with Gasteiger partial charge in [-0.25, -0.2) is 0 Å². The van der Waals surface area contributed by atoms with Gasteiger partial charge in [-0.1, -0.05) is 17.7 Å². The number of benzene rings is 1. The van der Waals surface area contributed by atoms with Gasteiger partial charge < -0.3 is 15.2 Å². The third-order valence-electron chi connectivity index (χ3n) is 2.70. The van der Waals surface area contributed by atoms with Crippen LogP contribution in [0.25, 0.3) is 0 Å². The van der Waals surface area contributed by atoms with E-state index in [4.69, 9.17) is 16.3 Å². The van der Waals surface area contributed by atoms with Crippen LogP contribution in [0, 0.1) is 0 Å². The Balaban J connectivity index is 2.31. The first kappa shape index (κ1) is 13.5. The molecular formula is C11H11ClF3NO2. The van der Waals surface area contributed by atoms with Crippen molar-refractivity contribution in [1.29, 1.82) is 0 Å². The Hall–Kier alpha value is -0.980. The Labute approximate surface area is 107 Å². The molecule has 1 saturated heterocycles. The van der Waals surface area contributed by atoms with Crippen molar-refractivity contribution in [1.82, 2.24) is 0 Å². The quantitative estimate of drug-likeness (QED) is 0.875. The summed E-state index contributed by atoms with van der Waals surface area (Å²) in [5.41, 5.74) is -1.07. The lowest BCUT2D eigenvalue weighted by Crippen LogP contribution is -2.32. The number of alkyl halides is 3. The van der Waals surface area contributed by atoms with Gasteiger partial charge in [-0.2, -0.15) is 13.2 Å². The molecule has 0 aliphatic carbocycles. The summed E-state index contributed by atoms with van der Waals surface area (Å²) in [5.74, 6) is 0. The minimum atomic E-state index is -4.50. The maximum absolute atomic E-state index is 12.8. The lowest BCUT2D eigenvalue weighted by atomic mass is 10.1. The third kappa shape index (κ3) is 2.71. The maximum atomic E-state index is 12.8. The van der Waals surface area contributed by atoms with Gasteiger partial charge in [-0.3, -0.25) is 0 Å². The predicted molar refractivity (Wildman–Crippen MR) is 60.7 cm³/mol. The van der Waals surface area contributed by atoms with E-state index >= 15 is 0 Å². The first-order valence-corrected chi connectivity index (χ1v) is 5.65. The number of anilines is 1. The highest BCUT2D eigenvalue weighted by molar-refractivity contribution is 6.33. The number of ether oxygens (including phenoxy) is 1. The number of halogens is 4. The van der Waals surface area contributed by atoms with Gasteiger partial charge in [0.25, 0.3) is 0 Å². The molecule has 2 rings (SSSR count). The summed E-state index contributed by atoms with van der Waals surface area (Å²) in [6, 6.07) is 2.95. The molecule has 1 aromatic rings. The lowest BCUT2D eigenvalue weighted by molar-refractivity contribution is -0.137. The van der Waals surface area contributed by atoms with Crippen molar-refractivity contribution in [3.8, 4) is 0 Å². The summed E-state index contributed by atoms with van der Waals surface area (Å²) < 4.78 is 43.4. The highest BCUT2D eigenvalue weighted by Gasteiger charge is 2.36. The van der Waals surface area contributed by atoms with Crippen LogP contribution in [0.2, 0.25) is 5.02 Å². The summed E-state index contributed by atoms with van der Waals surface area (Å²) in [6.07, 6.45) is -5.35. The molecule has 18 heavy (non-hydrogen) atoms. The molecule has 0 saturated carbocycles. The Morgan fingerprint density at radius 2 is 2.06 bits per heavy atom. The summed E-state index contributed by atoms with van der Waals surface area (Å²) in [7, 11) is 0. The van der Waals surface area contributed by atoms with Gasteiger partial charge in [0.1, 0.15) is 0 Å². The molecule has 1 heterocycles. The van der Waals surface area contributed by atoms with E-state index in [9.17, 15) is 18.3 Å². The first-order chi connectivity index (χ1) is 8.39. The van der Waals surface area contributed by atoms with Gasteiger partial charge in [-0.05, 0) is 12.1 Å². The van der Waals surface area contributed by atoms with Crippen LogP contribution in [-0.4, -0.2) is 30.5 Å². The van der Waals surface area contributed by atoms with Gasteiger partial charge in [0.05, 0.1) is 41.6 Å². The summed E-state index contributed by atoms with van der Waals surface area (Å²) in [5, 5.41) is 12.1. The molecular weight excluding hydrogens is 271 g/mol. The fraction of sp³-hybridized carbons (Fsp3) is 0.455. The Bertz CT molecular complexity index is 439. The van der Waals surface area contributed by atoms with E-state index in [0.29, 0.717) is 0 Å². The van der Waals surface area contributed by atoms with E-state index in [-0.39, 0.29) is 23.9 Å². The van der Waals surface area contributed by atoms with E-state index in [1.807, 2.05) is 0 Å². The molecule has 3 nitrogen and oxygen atoms in total. The molecule has 0 spiro atoms. The van der Waals surface area contributed by atoms with Crippen molar-refractivity contribution < 1.29 is 23.0 Å². The van der Waals surface area contributed by atoms with Crippen LogP contribution in [0.15, 0.2) is 18.2 Å². The summed E-state index contributed by atoms with van der Waals surface area (Å²) >= 11 is 5.78. The first-order valence-electron chi connectivity index (χ1n) is 5.27. The smallest absolute Gasteiger partial charge is 0.388 e. The topological polar surface area (TPSA) is 41.5 Å². The van der Waals surface area contributed by atoms with Crippen molar-refractivity contribution >= 4 is 17.3 Å². The zero-order valence-electron chi connectivity index (χ0n) is 9.17. The molecule has 0 bridgehead atoms. The van der Waals surface area contributed by atoms with E-state index in [1.54, 1.807) is 0 Å². The highest BCUT2D eigenvalue weighted by atomic mass is 35.5. The largest absolute Gasteiger partial charge is 0.418 e. The molecule has 2 N–H and O–H groups in total. The van der Waals surface area contributed by atoms with E-state index in [0.717, 1.165) is 6.07 Å². The zero-order chi connectivity index (χ0) is 13.3. The molecule has 1 aromatic carbocycles. The zero-order valence-corrected chi connectivity index (χ0v) is 9.92. The molecule has 1 fully saturated rings. The van der Waals surface area contributed by atoms with Crippen LogP contribution >= 0.6 is 11.6 Å². The fourth-order valence-electron chi connectivity index (χ4n) is 1.77. The number of hydrogen-bond donors (Lipinski definition) is 2. The second-order valence-corrected chi connectivity index (χ2v) is 4.42. The van der Waals surface area contributed by atoms with Gasteiger partial charge in [0.15, 0.2) is 0 Å². The number of nitrogens with one attached hydrogen (secondary N) is 1. The van der Waals surface area contributed by atoms with Crippen molar-refractivity contribution in [3.05, 3.63) is 28.8 Å². The molecule has 0 radical (unpaired) electrons. The number of rotatable bonds is 2. The second-order valence-electron chi connectivity index (χ2n) is 4.02. The Kier molecular flexibility index (Phi) is 3.70. The van der Waals surface area contributed by atoms with Gasteiger partial charge in [0, 0.05) is 0 Å². The summed E-state index contributed by atoms with van der Waals surface area (Å²) in [4.78, 5) is 0. The van der Waals surface area contributed by atoms with Crippen molar-refractivity contribution in [3.63, 3.8) is 0 Å². The fourth-order valence-corrected chi connectivity index (χ4v) is 2.00. The molecule has 1 aliphatic rings. The Morgan fingerprint density at radius 3 is 2.61 bits per heavy atom. The third-order valence-corrected chi connectivity index (χ3v) is 3.01. The standard InChI is InChI=1S/C11H11ClF3NO2/c12-7-3-1-2-6(11(13,14)15)10(7)16-8-4-18-5-9(8)17/h1-3,8-9,16-17H,4-5H2. The molecule has 2 unspecified atom stereocenters. The van der Waals surface area contributed by atoms with Gasteiger partial charge >= 0.3 is 6.18 Å². The molecule has 0 amide bonds. The van der Waals surface area contributed by atoms with Gasteiger partial charge in [-0.15, -0.1) is 0 Å². The maximum Gasteiger partial charge on any atom is 0.418 e. The monoisotopic (exact) mass is 281 g/mol. The average molecular weight is 282 g/mol. The molecule has 1 aliphatic heterocycles. The average Bonchev–Trinajstić information content (AvgIpc) is 2.66. The predicted octanol–water partition coefficient (Wildman–Crippen LogP) is 2.53. The SMILES string of the molecule is OC1COCC1Nc1c(Cl)cccc1C(F)(F)F. The molecule has 2 atom stereocenters. The van der Waals surface area contributed by atoms with Crippen molar-refractivity contribution in [2.24, 2.45) is 0 Å². The number of aliphatic hydroxyl groups is 1. The number of para-hydroxylation sites is 1. The van der Waals surface area contributed by atoms with Crippen molar-refractivity contribution in [2.45, 2.75) is 18.3 Å². The van der Waals surface area contributed by atoms with Crippen LogP contribution in [0.4, 0.5) is 18.9 Å². The lowest BCUT2D eigenvalue weighted by Gasteiger charge is -2.21. The van der Waals surface area contributed by atoms with Crippen LogP contribution in [-0.2, 0) is 10.9 Å². The highest BCUT2D eigenvalue weighted by Crippen LogP contribution is 2.39. The molecule has 100 valence electrons. The molecule has 7 heteroatoms. The normalized spacial score (nSPS) is 24.3. The number of aliphatic hydroxyl groups excluding tert-OH is 1. The van der Waals surface area contributed by atoms with E-state index < -0.39 is 23.9 Å². The minimum absolute atomic E-state index is 0.0380. The second kappa shape index (κ2) is 4.95. The molecule has 0 aromatic heterocycles. The van der Waals surface area contributed by atoms with Crippen LogP contribution in [0.1, 0.15) is 5.56 Å². The van der Waals surface area contributed by atoms with Gasteiger partial charge in [0.2, 0.25) is 0 Å². The Morgan fingerprint density at radius 1 is 1.33 bits per heavy atom. The van der Waals surface area contributed by atoms with E-state index in [2.05, 4.69) is 5.32 Å². The van der Waals surface area contributed by atoms with Crippen LogP contribution in [0.5, 0.6) is 0 Å². The van der Waals surface area contributed by atoms with E-state index in [1.165, 1.54) is 12.1 Å². The minimum Gasteiger partial charge on any atom is -0.388 e. The van der Waals surface area contributed by atoms with Crippen LogP contribution < -0.4 is 5.32 Å². The summed E-state index contributed by atoms with van der Waals surface area (Å²) in [6.45, 7) is 0.243. The number of hydrogen-bond acceptors (Lipinski definition) is 3. The van der Waals surface area contributed by atoms with Crippen LogP contribution in [0.3, 0.4) is 0 Å².